The van der Waals surface area contributed by atoms with Gasteiger partial charge >= 0.3 is 6.18 Å². The number of H-pyrrole nitrogens is 1. The standard InChI is InChI=1S/C19H16F4N6O/c1-9(6-19(21,22)23)26-18(30)12-7-24-17-16(12)27-13(8-25-17)15-11-4-3-10(20)5-14(11)29(2)28-15/h3-5,7-9H,6H2,1-2H3,(H,24,25)(H,26,30). The van der Waals surface area contributed by atoms with E-state index in [1.165, 1.54) is 36.1 Å². The fourth-order valence-electron chi connectivity index (χ4n) is 3.30. The zero-order chi connectivity index (χ0) is 21.6. The van der Waals surface area contributed by atoms with Crippen LogP contribution in [-0.2, 0) is 7.05 Å². The minimum Gasteiger partial charge on any atom is -0.349 e. The van der Waals surface area contributed by atoms with Crippen molar-refractivity contribution in [3.63, 3.8) is 0 Å². The molecule has 30 heavy (non-hydrogen) atoms. The lowest BCUT2D eigenvalue weighted by atomic mass is 10.1. The number of halogens is 4. The molecule has 0 bridgehead atoms. The van der Waals surface area contributed by atoms with E-state index in [0.29, 0.717) is 27.9 Å². The molecule has 7 nitrogen and oxygen atoms in total. The second-order valence-electron chi connectivity index (χ2n) is 6.98. The van der Waals surface area contributed by atoms with Crippen molar-refractivity contribution >= 4 is 28.0 Å². The molecule has 0 saturated carbocycles. The van der Waals surface area contributed by atoms with E-state index in [-0.39, 0.29) is 11.1 Å². The van der Waals surface area contributed by atoms with Gasteiger partial charge in [0.1, 0.15) is 22.7 Å². The molecule has 3 heterocycles. The Morgan fingerprint density at radius 1 is 1.33 bits per heavy atom. The number of alkyl halides is 3. The van der Waals surface area contributed by atoms with Gasteiger partial charge < -0.3 is 10.3 Å². The number of benzene rings is 1. The van der Waals surface area contributed by atoms with Crippen molar-refractivity contribution in [3.8, 4) is 11.4 Å². The molecule has 3 aromatic heterocycles. The van der Waals surface area contributed by atoms with Crippen molar-refractivity contribution in [3.05, 3.63) is 42.0 Å². The van der Waals surface area contributed by atoms with Crippen molar-refractivity contribution in [2.45, 2.75) is 25.6 Å². The molecule has 1 atom stereocenters. The highest BCUT2D eigenvalue weighted by molar-refractivity contribution is 6.05. The number of aromatic nitrogens is 5. The van der Waals surface area contributed by atoms with Gasteiger partial charge in [0.25, 0.3) is 5.91 Å². The van der Waals surface area contributed by atoms with E-state index in [2.05, 4.69) is 25.4 Å². The van der Waals surface area contributed by atoms with Crippen molar-refractivity contribution in [1.82, 2.24) is 30.0 Å². The molecule has 1 aromatic carbocycles. The minimum absolute atomic E-state index is 0.0691. The zero-order valence-corrected chi connectivity index (χ0v) is 15.9. The summed E-state index contributed by atoms with van der Waals surface area (Å²) in [6.45, 7) is 1.27. The van der Waals surface area contributed by atoms with Gasteiger partial charge in [0.05, 0.1) is 23.7 Å². The van der Waals surface area contributed by atoms with Gasteiger partial charge in [0.15, 0.2) is 5.65 Å². The summed E-state index contributed by atoms with van der Waals surface area (Å²) in [6.07, 6.45) is -2.73. The average Bonchev–Trinajstić information content (AvgIpc) is 3.21. The molecule has 0 radical (unpaired) electrons. The first kappa shape index (κ1) is 19.8. The van der Waals surface area contributed by atoms with Crippen LogP contribution in [0.15, 0.2) is 30.6 Å². The van der Waals surface area contributed by atoms with E-state index < -0.39 is 30.4 Å². The monoisotopic (exact) mass is 420 g/mol. The first-order valence-corrected chi connectivity index (χ1v) is 8.97. The summed E-state index contributed by atoms with van der Waals surface area (Å²) in [7, 11) is 1.66. The molecule has 4 aromatic rings. The molecular weight excluding hydrogens is 404 g/mol. The van der Waals surface area contributed by atoms with Crippen LogP contribution in [0.2, 0.25) is 0 Å². The van der Waals surface area contributed by atoms with Crippen molar-refractivity contribution in [2.75, 3.05) is 0 Å². The van der Waals surface area contributed by atoms with Gasteiger partial charge in [0.2, 0.25) is 0 Å². The third kappa shape index (κ3) is 3.70. The number of aromatic amines is 1. The Kier molecular flexibility index (Phi) is 4.67. The molecule has 156 valence electrons. The van der Waals surface area contributed by atoms with Crippen molar-refractivity contribution in [2.24, 2.45) is 7.05 Å². The molecule has 0 fully saturated rings. The Labute approximate surface area is 167 Å². The number of carbonyl (C=O) groups is 1. The molecule has 0 aliphatic rings. The van der Waals surface area contributed by atoms with Crippen LogP contribution in [0.1, 0.15) is 23.7 Å². The molecule has 0 saturated heterocycles. The summed E-state index contributed by atoms with van der Waals surface area (Å²) in [6, 6.07) is 3.11. The van der Waals surface area contributed by atoms with Crippen LogP contribution in [0, 0.1) is 5.82 Å². The minimum atomic E-state index is -4.39. The first-order valence-electron chi connectivity index (χ1n) is 8.97. The number of amides is 1. The highest BCUT2D eigenvalue weighted by Gasteiger charge is 2.31. The quantitative estimate of drug-likeness (QED) is 0.493. The second-order valence-corrected chi connectivity index (χ2v) is 6.98. The maximum absolute atomic E-state index is 13.6. The number of nitrogens with zero attached hydrogens (tertiary/aromatic N) is 4. The predicted octanol–water partition coefficient (Wildman–Crippen LogP) is 3.72. The summed E-state index contributed by atoms with van der Waals surface area (Å²) in [5.74, 6) is -1.10. The normalized spacial score (nSPS) is 13.1. The fourth-order valence-corrected chi connectivity index (χ4v) is 3.30. The maximum atomic E-state index is 13.6. The SMILES string of the molecule is CC(CC(F)(F)F)NC(=O)c1c[nH]c2ncc(-c3nn(C)c4cc(F)ccc34)nc12. The van der Waals surface area contributed by atoms with E-state index in [4.69, 9.17) is 0 Å². The molecular formula is C19H16F4N6O. The Balaban J connectivity index is 1.71. The van der Waals surface area contributed by atoms with Crippen LogP contribution >= 0.6 is 0 Å². The number of fused-ring (bicyclic) bond motifs is 2. The molecule has 4 rings (SSSR count). The first-order chi connectivity index (χ1) is 14.1. The van der Waals surface area contributed by atoms with E-state index in [9.17, 15) is 22.4 Å². The average molecular weight is 420 g/mol. The van der Waals surface area contributed by atoms with Crippen LogP contribution in [0.3, 0.4) is 0 Å². The number of hydrogen-bond donors (Lipinski definition) is 2. The summed E-state index contributed by atoms with van der Waals surface area (Å²) in [4.78, 5) is 24.0. The van der Waals surface area contributed by atoms with Gasteiger partial charge in [-0.05, 0) is 25.1 Å². The maximum Gasteiger partial charge on any atom is 0.391 e. The number of hydrogen-bond acceptors (Lipinski definition) is 4. The molecule has 0 spiro atoms. The van der Waals surface area contributed by atoms with Gasteiger partial charge in [-0.1, -0.05) is 0 Å². The lowest BCUT2D eigenvalue weighted by Crippen LogP contribution is -2.35. The van der Waals surface area contributed by atoms with Crippen LogP contribution in [0.25, 0.3) is 33.5 Å². The van der Waals surface area contributed by atoms with Gasteiger partial charge in [-0.2, -0.15) is 18.3 Å². The third-order valence-electron chi connectivity index (χ3n) is 4.60. The molecule has 1 unspecified atom stereocenters. The molecule has 0 aliphatic heterocycles. The van der Waals surface area contributed by atoms with Crippen molar-refractivity contribution < 1.29 is 22.4 Å². The van der Waals surface area contributed by atoms with Crippen LogP contribution < -0.4 is 5.32 Å². The highest BCUT2D eigenvalue weighted by atomic mass is 19.4. The smallest absolute Gasteiger partial charge is 0.349 e. The summed E-state index contributed by atoms with van der Waals surface area (Å²) in [5, 5.41) is 7.34. The molecule has 1 amide bonds. The van der Waals surface area contributed by atoms with Gasteiger partial charge in [-0.3, -0.25) is 9.48 Å². The number of rotatable bonds is 4. The zero-order valence-electron chi connectivity index (χ0n) is 15.9. The Morgan fingerprint density at radius 2 is 2.10 bits per heavy atom. The largest absolute Gasteiger partial charge is 0.391 e. The van der Waals surface area contributed by atoms with Gasteiger partial charge in [0, 0.05) is 24.7 Å². The van der Waals surface area contributed by atoms with Crippen molar-refractivity contribution in [1.29, 1.82) is 0 Å². The molecule has 2 N–H and O–H groups in total. The van der Waals surface area contributed by atoms with Crippen LogP contribution in [-0.4, -0.2) is 42.9 Å². The predicted molar refractivity (Wildman–Crippen MR) is 101 cm³/mol. The van der Waals surface area contributed by atoms with Crippen LogP contribution in [0.5, 0.6) is 0 Å². The molecule has 11 heteroatoms. The van der Waals surface area contributed by atoms with E-state index >= 15 is 0 Å². The van der Waals surface area contributed by atoms with Gasteiger partial charge in [-0.25, -0.2) is 14.4 Å². The second kappa shape index (κ2) is 7.08. The third-order valence-corrected chi connectivity index (χ3v) is 4.60. The Bertz CT molecular complexity index is 1260. The van der Waals surface area contributed by atoms with E-state index in [0.717, 1.165) is 0 Å². The topological polar surface area (TPSA) is 88.5 Å². The number of nitrogens with one attached hydrogen (secondary N) is 2. The summed E-state index contributed by atoms with van der Waals surface area (Å²) >= 11 is 0. The lowest BCUT2D eigenvalue weighted by Gasteiger charge is -2.15. The number of carbonyl (C=O) groups excluding carboxylic acids is 1. The van der Waals surface area contributed by atoms with Gasteiger partial charge in [-0.15, -0.1) is 0 Å². The number of aryl methyl sites for hydroxylation is 1. The molecule has 0 aliphatic carbocycles. The van der Waals surface area contributed by atoms with E-state index in [1.54, 1.807) is 13.1 Å². The summed E-state index contributed by atoms with van der Waals surface area (Å²) in [5.41, 5.74) is 1.92. The lowest BCUT2D eigenvalue weighted by molar-refractivity contribution is -0.138. The Morgan fingerprint density at radius 3 is 2.83 bits per heavy atom. The van der Waals surface area contributed by atoms with E-state index in [1.807, 2.05) is 0 Å². The fraction of sp³-hybridized carbons (Fsp3) is 0.263. The summed E-state index contributed by atoms with van der Waals surface area (Å²) < 4.78 is 52.7. The van der Waals surface area contributed by atoms with Crippen LogP contribution in [0.4, 0.5) is 17.6 Å². The highest BCUT2D eigenvalue weighted by Crippen LogP contribution is 2.28. The Hall–Kier alpha value is -3.50.